The van der Waals surface area contributed by atoms with Crippen LogP contribution in [0.4, 0.5) is 11.4 Å². The Labute approximate surface area is 100 Å². The lowest BCUT2D eigenvalue weighted by molar-refractivity contribution is 0.340. The zero-order chi connectivity index (χ0) is 12.1. The molecule has 0 aliphatic rings. The summed E-state index contributed by atoms with van der Waals surface area (Å²) in [6.07, 6.45) is 3.52. The molecule has 0 bridgehead atoms. The van der Waals surface area contributed by atoms with Crippen molar-refractivity contribution in [2.24, 2.45) is 0 Å². The van der Waals surface area contributed by atoms with Crippen LogP contribution in [0.15, 0.2) is 30.6 Å². The number of nitrogens with zero attached hydrogens (tertiary/aromatic N) is 1. The van der Waals surface area contributed by atoms with Gasteiger partial charge in [0.1, 0.15) is 11.6 Å². The maximum atomic E-state index is 5.80. The van der Waals surface area contributed by atoms with Gasteiger partial charge in [-0.3, -0.25) is 0 Å². The van der Waals surface area contributed by atoms with Crippen LogP contribution < -0.4 is 15.8 Å². The third-order valence-corrected chi connectivity index (χ3v) is 2.25. The monoisotopic (exact) mass is 232 g/mol. The number of hydrogen-bond acceptors (Lipinski definition) is 4. The van der Waals surface area contributed by atoms with Gasteiger partial charge in [0.2, 0.25) is 0 Å². The molecule has 0 unspecified atom stereocenters. The summed E-state index contributed by atoms with van der Waals surface area (Å²) in [4.78, 5) is 7.16. The van der Waals surface area contributed by atoms with Crippen LogP contribution in [0.3, 0.4) is 0 Å². The van der Waals surface area contributed by atoms with E-state index < -0.39 is 0 Å². The average molecular weight is 232 g/mol. The zero-order valence-corrected chi connectivity index (χ0v) is 9.73. The van der Waals surface area contributed by atoms with Crippen molar-refractivity contribution in [1.29, 1.82) is 0 Å². The molecule has 5 nitrogen and oxygen atoms in total. The molecular formula is C12H16N4O. The Morgan fingerprint density at radius 3 is 3.00 bits per heavy atom. The van der Waals surface area contributed by atoms with Gasteiger partial charge in [-0.2, -0.15) is 0 Å². The Kier molecular flexibility index (Phi) is 3.49. The summed E-state index contributed by atoms with van der Waals surface area (Å²) in [5.74, 6) is 1.65. The molecule has 0 saturated carbocycles. The maximum absolute atomic E-state index is 5.80. The van der Waals surface area contributed by atoms with Crippen LogP contribution in [-0.4, -0.2) is 16.6 Å². The van der Waals surface area contributed by atoms with Crippen LogP contribution in [0.1, 0.15) is 12.7 Å². The summed E-state index contributed by atoms with van der Waals surface area (Å²) in [6.45, 7) is 3.20. The van der Waals surface area contributed by atoms with E-state index in [1.807, 2.05) is 25.1 Å². The predicted molar refractivity (Wildman–Crippen MR) is 67.9 cm³/mol. The lowest BCUT2D eigenvalue weighted by atomic mass is 10.2. The first-order valence-electron chi connectivity index (χ1n) is 5.53. The second-order valence-corrected chi connectivity index (χ2v) is 3.61. The fourth-order valence-corrected chi connectivity index (χ4v) is 1.55. The largest absolute Gasteiger partial charge is 0.494 e. The molecule has 0 saturated heterocycles. The smallest absolute Gasteiger partial charge is 0.125 e. The Bertz CT molecular complexity index is 467. The normalized spacial score (nSPS) is 10.2. The van der Waals surface area contributed by atoms with Crippen LogP contribution in [0, 0.1) is 0 Å². The summed E-state index contributed by atoms with van der Waals surface area (Å²) in [5.41, 5.74) is 7.39. The van der Waals surface area contributed by atoms with E-state index in [0.717, 1.165) is 17.3 Å². The second-order valence-electron chi connectivity index (χ2n) is 3.61. The number of nitrogen functional groups attached to an aromatic ring is 1. The molecule has 1 heterocycles. The maximum Gasteiger partial charge on any atom is 0.125 e. The van der Waals surface area contributed by atoms with Crippen molar-refractivity contribution in [3.8, 4) is 5.75 Å². The van der Waals surface area contributed by atoms with E-state index >= 15 is 0 Å². The third-order valence-electron chi connectivity index (χ3n) is 2.25. The van der Waals surface area contributed by atoms with Crippen molar-refractivity contribution >= 4 is 11.4 Å². The highest BCUT2D eigenvalue weighted by atomic mass is 16.5. The zero-order valence-electron chi connectivity index (χ0n) is 9.73. The van der Waals surface area contributed by atoms with Gasteiger partial charge in [0, 0.05) is 35.9 Å². The number of nitrogens with one attached hydrogen (secondary N) is 2. The summed E-state index contributed by atoms with van der Waals surface area (Å²) in [7, 11) is 0. The minimum absolute atomic E-state index is 0.626. The van der Waals surface area contributed by atoms with Gasteiger partial charge in [-0.1, -0.05) is 0 Å². The standard InChI is InChI=1S/C12H16N4O/c1-2-17-11-6-9(13)5-10(7-11)16-8-12-14-3-4-15-12/h3-7,16H,2,8,13H2,1H3,(H,14,15). The molecule has 0 aliphatic heterocycles. The van der Waals surface area contributed by atoms with E-state index in [1.165, 1.54) is 0 Å². The molecule has 0 radical (unpaired) electrons. The Morgan fingerprint density at radius 2 is 2.29 bits per heavy atom. The molecule has 2 aromatic rings. The lowest BCUT2D eigenvalue weighted by Gasteiger charge is -2.09. The number of H-pyrrole nitrogens is 1. The number of imidazole rings is 1. The van der Waals surface area contributed by atoms with Crippen molar-refractivity contribution in [2.45, 2.75) is 13.5 Å². The van der Waals surface area contributed by atoms with Gasteiger partial charge >= 0.3 is 0 Å². The second kappa shape index (κ2) is 5.25. The number of anilines is 2. The minimum Gasteiger partial charge on any atom is -0.494 e. The molecule has 17 heavy (non-hydrogen) atoms. The van der Waals surface area contributed by atoms with E-state index in [0.29, 0.717) is 18.8 Å². The topological polar surface area (TPSA) is 76.0 Å². The first-order valence-corrected chi connectivity index (χ1v) is 5.53. The number of nitrogens with two attached hydrogens (primary N) is 1. The molecule has 2 rings (SSSR count). The molecule has 1 aromatic carbocycles. The molecule has 0 fully saturated rings. The highest BCUT2D eigenvalue weighted by Gasteiger charge is 2.00. The Hall–Kier alpha value is -2.17. The van der Waals surface area contributed by atoms with Gasteiger partial charge in [-0.15, -0.1) is 0 Å². The molecule has 0 atom stereocenters. The number of rotatable bonds is 5. The van der Waals surface area contributed by atoms with E-state index in [2.05, 4.69) is 15.3 Å². The van der Waals surface area contributed by atoms with Gasteiger partial charge in [-0.25, -0.2) is 4.98 Å². The number of benzene rings is 1. The quantitative estimate of drug-likeness (QED) is 0.689. The highest BCUT2D eigenvalue weighted by Crippen LogP contribution is 2.22. The SMILES string of the molecule is CCOc1cc(N)cc(NCc2ncc[nH]2)c1. The van der Waals surface area contributed by atoms with Gasteiger partial charge in [0.15, 0.2) is 0 Å². The summed E-state index contributed by atoms with van der Waals surface area (Å²) >= 11 is 0. The number of hydrogen-bond donors (Lipinski definition) is 3. The van der Waals surface area contributed by atoms with Crippen molar-refractivity contribution in [3.05, 3.63) is 36.4 Å². The molecule has 1 aromatic heterocycles. The van der Waals surface area contributed by atoms with Gasteiger partial charge in [-0.05, 0) is 13.0 Å². The van der Waals surface area contributed by atoms with Crippen molar-refractivity contribution in [1.82, 2.24) is 9.97 Å². The lowest BCUT2D eigenvalue weighted by Crippen LogP contribution is -2.02. The van der Waals surface area contributed by atoms with Crippen LogP contribution in [0.2, 0.25) is 0 Å². The van der Waals surface area contributed by atoms with E-state index in [1.54, 1.807) is 12.4 Å². The fraction of sp³-hybridized carbons (Fsp3) is 0.250. The van der Waals surface area contributed by atoms with Gasteiger partial charge in [0.25, 0.3) is 0 Å². The van der Waals surface area contributed by atoms with E-state index in [4.69, 9.17) is 10.5 Å². The van der Waals surface area contributed by atoms with E-state index in [9.17, 15) is 0 Å². The molecule has 4 N–H and O–H groups in total. The summed E-state index contributed by atoms with van der Waals surface area (Å²) < 4.78 is 5.42. The fourth-order valence-electron chi connectivity index (χ4n) is 1.55. The van der Waals surface area contributed by atoms with Crippen molar-refractivity contribution in [3.63, 3.8) is 0 Å². The molecule has 5 heteroatoms. The molecular weight excluding hydrogens is 216 g/mol. The molecule has 0 aliphatic carbocycles. The first kappa shape index (κ1) is 11.3. The predicted octanol–water partition coefficient (Wildman–Crippen LogP) is 2.00. The summed E-state index contributed by atoms with van der Waals surface area (Å²) in [6, 6.07) is 5.59. The van der Waals surface area contributed by atoms with Crippen LogP contribution in [0.5, 0.6) is 5.75 Å². The van der Waals surface area contributed by atoms with Crippen LogP contribution in [-0.2, 0) is 6.54 Å². The number of aromatic nitrogens is 2. The van der Waals surface area contributed by atoms with Crippen molar-refractivity contribution < 1.29 is 4.74 Å². The highest BCUT2D eigenvalue weighted by molar-refractivity contribution is 5.59. The summed E-state index contributed by atoms with van der Waals surface area (Å²) in [5, 5.41) is 3.23. The van der Waals surface area contributed by atoms with Crippen LogP contribution >= 0.6 is 0 Å². The molecule has 0 amide bonds. The van der Waals surface area contributed by atoms with Crippen molar-refractivity contribution in [2.75, 3.05) is 17.7 Å². The van der Waals surface area contributed by atoms with E-state index in [-0.39, 0.29) is 0 Å². The molecule has 0 spiro atoms. The third kappa shape index (κ3) is 3.14. The Morgan fingerprint density at radius 1 is 1.41 bits per heavy atom. The van der Waals surface area contributed by atoms with Crippen LogP contribution in [0.25, 0.3) is 0 Å². The van der Waals surface area contributed by atoms with Gasteiger partial charge in [0.05, 0.1) is 13.2 Å². The van der Waals surface area contributed by atoms with Gasteiger partial charge < -0.3 is 20.8 Å². The molecule has 90 valence electrons. The minimum atomic E-state index is 0.626. The first-order chi connectivity index (χ1) is 8.28. The number of aromatic amines is 1. The Balaban J connectivity index is 2.04. The number of ether oxygens (including phenoxy) is 1. The average Bonchev–Trinajstić information content (AvgIpc) is 2.79.